The molecule has 0 saturated carbocycles. The Labute approximate surface area is 232 Å². The van der Waals surface area contributed by atoms with Crippen LogP contribution < -0.4 is 5.32 Å². The molecule has 0 spiro atoms. The number of rotatable bonds is 27. The average Bonchev–Trinajstić information content (AvgIpc) is 3.25. The standard InChI is InChI=1S/C33H65N3O/c1-4-6-8-10-12-14-16-18-20-22-24-26-32-34-28-30-36(32,3)31-29-35-33(37)27-25-23-21-19-17-15-13-11-9-7-5-2/h4-31H2,1-3H3/p+1. The first-order valence-electron chi connectivity index (χ1n) is 16.8. The zero-order valence-electron chi connectivity index (χ0n) is 25.6. The molecular weight excluding hydrogens is 454 g/mol. The fraction of sp³-hybridized carbons (Fsp3) is 0.939. The lowest BCUT2D eigenvalue weighted by Crippen LogP contribution is -2.51. The summed E-state index contributed by atoms with van der Waals surface area (Å²) in [7, 11) is 2.32. The summed E-state index contributed by atoms with van der Waals surface area (Å²) >= 11 is 0. The van der Waals surface area contributed by atoms with E-state index in [4.69, 9.17) is 4.99 Å². The Hall–Kier alpha value is -0.900. The van der Waals surface area contributed by atoms with Crippen LogP contribution in [0.1, 0.15) is 168 Å². The van der Waals surface area contributed by atoms with Crippen molar-refractivity contribution < 1.29 is 9.28 Å². The first-order valence-corrected chi connectivity index (χ1v) is 16.8. The largest absolute Gasteiger partial charge is 0.350 e. The van der Waals surface area contributed by atoms with E-state index < -0.39 is 0 Å². The van der Waals surface area contributed by atoms with Crippen LogP contribution in [-0.4, -0.2) is 49.5 Å². The van der Waals surface area contributed by atoms with Gasteiger partial charge in [-0.2, -0.15) is 0 Å². The van der Waals surface area contributed by atoms with Gasteiger partial charge >= 0.3 is 0 Å². The number of hydrogen-bond acceptors (Lipinski definition) is 2. The van der Waals surface area contributed by atoms with Crippen LogP contribution >= 0.6 is 0 Å². The molecule has 1 atom stereocenters. The summed E-state index contributed by atoms with van der Waals surface area (Å²) in [5.74, 6) is 1.61. The maximum atomic E-state index is 12.3. The Morgan fingerprint density at radius 3 is 1.59 bits per heavy atom. The molecule has 0 aliphatic carbocycles. The number of amides is 1. The Morgan fingerprint density at radius 1 is 0.676 bits per heavy atom. The zero-order valence-corrected chi connectivity index (χ0v) is 25.6. The maximum Gasteiger partial charge on any atom is 0.220 e. The number of nitrogens with zero attached hydrogens (tertiary/aromatic N) is 2. The smallest absolute Gasteiger partial charge is 0.220 e. The monoisotopic (exact) mass is 521 g/mol. The number of aliphatic imine (C=N–C) groups is 1. The lowest BCUT2D eigenvalue weighted by atomic mass is 10.0. The van der Waals surface area contributed by atoms with E-state index in [0.29, 0.717) is 6.42 Å². The summed E-state index contributed by atoms with van der Waals surface area (Å²) in [5, 5.41) is 3.19. The minimum absolute atomic E-state index is 0.241. The fourth-order valence-electron chi connectivity index (χ4n) is 5.72. The van der Waals surface area contributed by atoms with Gasteiger partial charge in [0.15, 0.2) is 5.84 Å². The highest BCUT2D eigenvalue weighted by Crippen LogP contribution is 2.18. The van der Waals surface area contributed by atoms with Crippen molar-refractivity contribution in [2.75, 3.05) is 33.2 Å². The van der Waals surface area contributed by atoms with E-state index in [0.717, 1.165) is 43.5 Å². The van der Waals surface area contributed by atoms with Crippen molar-refractivity contribution in [3.63, 3.8) is 0 Å². The van der Waals surface area contributed by atoms with Gasteiger partial charge in [0.05, 0.1) is 20.1 Å². The molecule has 4 heteroatoms. The number of nitrogens with one attached hydrogen (secondary N) is 1. The van der Waals surface area contributed by atoms with Crippen molar-refractivity contribution in [1.29, 1.82) is 0 Å². The van der Waals surface area contributed by atoms with Gasteiger partial charge in [-0.25, -0.2) is 4.99 Å². The summed E-state index contributed by atoms with van der Waals surface area (Å²) in [5.41, 5.74) is 0. The predicted molar refractivity (Wildman–Crippen MR) is 163 cm³/mol. The Bertz CT molecular complexity index is 562. The van der Waals surface area contributed by atoms with Gasteiger partial charge in [0.1, 0.15) is 13.1 Å². The molecule has 1 rings (SSSR count). The van der Waals surface area contributed by atoms with Gasteiger partial charge in [0.25, 0.3) is 0 Å². The highest BCUT2D eigenvalue weighted by atomic mass is 16.1. The van der Waals surface area contributed by atoms with Crippen LogP contribution in [0.25, 0.3) is 0 Å². The minimum atomic E-state index is 0.241. The molecule has 1 amide bonds. The van der Waals surface area contributed by atoms with Gasteiger partial charge in [0, 0.05) is 12.8 Å². The average molecular weight is 521 g/mol. The van der Waals surface area contributed by atoms with Gasteiger partial charge in [-0.1, -0.05) is 142 Å². The molecule has 37 heavy (non-hydrogen) atoms. The number of unbranched alkanes of at least 4 members (excludes halogenated alkanes) is 20. The summed E-state index contributed by atoms with van der Waals surface area (Å²) in [6.07, 6.45) is 31.7. The van der Waals surface area contributed by atoms with Crippen LogP contribution in [0.15, 0.2) is 4.99 Å². The first kappa shape index (κ1) is 34.1. The second-order valence-electron chi connectivity index (χ2n) is 12.1. The Balaban J connectivity index is 1.98. The zero-order chi connectivity index (χ0) is 26.9. The summed E-state index contributed by atoms with van der Waals surface area (Å²) in [4.78, 5) is 17.2. The van der Waals surface area contributed by atoms with Crippen molar-refractivity contribution in [1.82, 2.24) is 5.32 Å². The second-order valence-corrected chi connectivity index (χ2v) is 12.1. The Kier molecular flexibility index (Phi) is 22.3. The molecule has 0 aromatic carbocycles. The van der Waals surface area contributed by atoms with E-state index in [1.807, 2.05) is 0 Å². The van der Waals surface area contributed by atoms with E-state index in [9.17, 15) is 4.79 Å². The van der Waals surface area contributed by atoms with Gasteiger partial charge in [0.2, 0.25) is 5.91 Å². The number of quaternary nitrogens is 1. The number of carbonyl (C=O) groups is 1. The molecule has 0 radical (unpaired) electrons. The summed E-state index contributed by atoms with van der Waals surface area (Å²) in [6, 6.07) is 0. The van der Waals surface area contributed by atoms with Crippen molar-refractivity contribution >= 4 is 11.7 Å². The van der Waals surface area contributed by atoms with Crippen LogP contribution in [0.5, 0.6) is 0 Å². The SMILES string of the molecule is CCCCCCCCCCCCCC(=O)NCC[N+]1(C)CCN=C1CCCCCCCCCCCCC. The molecule has 0 fully saturated rings. The van der Waals surface area contributed by atoms with E-state index in [1.54, 1.807) is 0 Å². The molecule has 4 nitrogen and oxygen atoms in total. The first-order chi connectivity index (χ1) is 18.1. The topological polar surface area (TPSA) is 41.5 Å². The number of carbonyl (C=O) groups excluding carboxylic acids is 1. The molecule has 1 unspecified atom stereocenters. The normalized spacial score (nSPS) is 17.3. The molecule has 0 saturated heterocycles. The van der Waals surface area contributed by atoms with Crippen molar-refractivity contribution in [2.24, 2.45) is 4.99 Å². The lowest BCUT2D eigenvalue weighted by molar-refractivity contribution is -0.814. The van der Waals surface area contributed by atoms with E-state index in [1.165, 1.54) is 141 Å². The van der Waals surface area contributed by atoms with Crippen LogP contribution in [0.3, 0.4) is 0 Å². The highest BCUT2D eigenvalue weighted by Gasteiger charge is 2.32. The van der Waals surface area contributed by atoms with E-state index >= 15 is 0 Å². The maximum absolute atomic E-state index is 12.3. The highest BCUT2D eigenvalue weighted by molar-refractivity contribution is 5.77. The van der Waals surface area contributed by atoms with Gasteiger partial charge in [-0.15, -0.1) is 0 Å². The van der Waals surface area contributed by atoms with Crippen molar-refractivity contribution in [3.8, 4) is 0 Å². The molecule has 0 aromatic heterocycles. The number of hydrogen-bond donors (Lipinski definition) is 1. The van der Waals surface area contributed by atoms with Crippen LogP contribution in [-0.2, 0) is 4.79 Å². The quantitative estimate of drug-likeness (QED) is 0.0850. The van der Waals surface area contributed by atoms with Crippen LogP contribution in [0, 0.1) is 0 Å². The third-order valence-corrected chi connectivity index (χ3v) is 8.45. The third kappa shape index (κ3) is 18.9. The molecule has 1 heterocycles. The fourth-order valence-corrected chi connectivity index (χ4v) is 5.72. The lowest BCUT2D eigenvalue weighted by Gasteiger charge is -2.30. The predicted octanol–water partition coefficient (Wildman–Crippen LogP) is 9.36. The summed E-state index contributed by atoms with van der Waals surface area (Å²) in [6.45, 7) is 8.39. The number of amidine groups is 1. The molecule has 1 aliphatic rings. The van der Waals surface area contributed by atoms with E-state index in [2.05, 4.69) is 26.2 Å². The molecule has 1 N–H and O–H groups in total. The van der Waals surface area contributed by atoms with Crippen molar-refractivity contribution in [3.05, 3.63) is 0 Å². The molecule has 1 aliphatic heterocycles. The molecule has 0 bridgehead atoms. The van der Waals surface area contributed by atoms with Gasteiger partial charge in [-0.3, -0.25) is 9.28 Å². The molecule has 0 aromatic rings. The molecular formula is C33H66N3O+. The van der Waals surface area contributed by atoms with Crippen molar-refractivity contribution in [2.45, 2.75) is 168 Å². The van der Waals surface area contributed by atoms with E-state index in [-0.39, 0.29) is 5.91 Å². The van der Waals surface area contributed by atoms with Gasteiger partial charge in [-0.05, 0) is 12.8 Å². The van der Waals surface area contributed by atoms with Crippen LogP contribution in [0.2, 0.25) is 0 Å². The molecule has 218 valence electrons. The third-order valence-electron chi connectivity index (χ3n) is 8.45. The minimum Gasteiger partial charge on any atom is -0.350 e. The number of likely N-dealkylation sites (N-methyl/N-ethyl adjacent to an activating group) is 1. The van der Waals surface area contributed by atoms with Gasteiger partial charge < -0.3 is 5.32 Å². The second kappa shape index (κ2) is 24.2. The summed E-state index contributed by atoms with van der Waals surface area (Å²) < 4.78 is 0.941. The van der Waals surface area contributed by atoms with Crippen LogP contribution in [0.4, 0.5) is 0 Å². The Morgan fingerprint density at radius 2 is 1.11 bits per heavy atom.